The Morgan fingerprint density at radius 2 is 2.06 bits per heavy atom. The second-order valence-electron chi connectivity index (χ2n) is 5.12. The van der Waals surface area contributed by atoms with Crippen LogP contribution in [0.25, 0.3) is 0 Å². The monoisotopic (exact) mass is 294 g/mol. The van der Waals surface area contributed by atoms with Gasteiger partial charge in [-0.2, -0.15) is 11.8 Å². The molecule has 1 unspecified atom stereocenters. The maximum absolute atomic E-state index is 12.1. The highest BCUT2D eigenvalue weighted by Crippen LogP contribution is 2.42. The third-order valence-corrected chi connectivity index (χ3v) is 6.87. The van der Waals surface area contributed by atoms with Crippen molar-refractivity contribution in [1.82, 2.24) is 10.0 Å². The van der Waals surface area contributed by atoms with Crippen LogP contribution in [-0.4, -0.2) is 44.3 Å². The average molecular weight is 294 g/mol. The molecule has 0 bridgehead atoms. The normalized spacial score (nSPS) is 20.4. The van der Waals surface area contributed by atoms with Crippen LogP contribution in [-0.2, 0) is 10.0 Å². The van der Waals surface area contributed by atoms with E-state index in [4.69, 9.17) is 0 Å². The van der Waals surface area contributed by atoms with Crippen LogP contribution in [0.15, 0.2) is 0 Å². The SMILES string of the molecule is CCCNCC(C)S(=O)(=O)NCC1(SC)CCC1. The minimum Gasteiger partial charge on any atom is -0.315 e. The minimum absolute atomic E-state index is 0.156. The van der Waals surface area contributed by atoms with Crippen molar-refractivity contribution in [1.29, 1.82) is 0 Å². The van der Waals surface area contributed by atoms with Crippen molar-refractivity contribution in [3.63, 3.8) is 0 Å². The van der Waals surface area contributed by atoms with E-state index >= 15 is 0 Å². The summed E-state index contributed by atoms with van der Waals surface area (Å²) in [5, 5.41) is 2.78. The number of thioether (sulfide) groups is 1. The highest BCUT2D eigenvalue weighted by atomic mass is 32.2. The highest BCUT2D eigenvalue weighted by Gasteiger charge is 2.37. The van der Waals surface area contributed by atoms with Gasteiger partial charge in [0, 0.05) is 17.8 Å². The van der Waals surface area contributed by atoms with Crippen molar-refractivity contribution in [3.05, 3.63) is 0 Å². The predicted molar refractivity (Wildman–Crippen MR) is 79.6 cm³/mol. The molecule has 0 aromatic carbocycles. The second-order valence-corrected chi connectivity index (χ2v) is 8.58. The summed E-state index contributed by atoms with van der Waals surface area (Å²) in [5.74, 6) is 0. The molecule has 0 radical (unpaired) electrons. The van der Waals surface area contributed by atoms with Gasteiger partial charge in [0.1, 0.15) is 0 Å². The van der Waals surface area contributed by atoms with E-state index < -0.39 is 10.0 Å². The molecule has 0 aromatic rings. The summed E-state index contributed by atoms with van der Waals surface area (Å²) < 4.78 is 27.1. The Kier molecular flexibility index (Phi) is 6.44. The van der Waals surface area contributed by atoms with Crippen molar-refractivity contribution in [2.45, 2.75) is 49.5 Å². The molecule has 2 N–H and O–H groups in total. The molecule has 0 amide bonds. The zero-order chi connectivity index (χ0) is 13.6. The number of hydrogen-bond acceptors (Lipinski definition) is 4. The molecule has 1 aliphatic rings. The number of hydrogen-bond donors (Lipinski definition) is 2. The van der Waals surface area contributed by atoms with Crippen LogP contribution in [0.5, 0.6) is 0 Å². The molecular formula is C12H26N2O2S2. The minimum atomic E-state index is -3.19. The molecule has 1 aliphatic carbocycles. The molecule has 4 nitrogen and oxygen atoms in total. The first-order chi connectivity index (χ1) is 8.46. The summed E-state index contributed by atoms with van der Waals surface area (Å²) in [4.78, 5) is 0. The zero-order valence-electron chi connectivity index (χ0n) is 11.7. The van der Waals surface area contributed by atoms with E-state index in [1.807, 2.05) is 0 Å². The molecule has 1 fully saturated rings. The maximum atomic E-state index is 12.1. The fourth-order valence-corrected chi connectivity index (χ4v) is 4.09. The van der Waals surface area contributed by atoms with Crippen LogP contribution in [0.4, 0.5) is 0 Å². The molecular weight excluding hydrogens is 268 g/mol. The van der Waals surface area contributed by atoms with Gasteiger partial charge in [0.15, 0.2) is 0 Å². The molecule has 0 spiro atoms. The van der Waals surface area contributed by atoms with Crippen LogP contribution in [0, 0.1) is 0 Å². The Balaban J connectivity index is 2.38. The van der Waals surface area contributed by atoms with Gasteiger partial charge in [-0.05, 0) is 39.0 Å². The molecule has 108 valence electrons. The Labute approximate surface area is 116 Å². The zero-order valence-corrected chi connectivity index (χ0v) is 13.3. The largest absolute Gasteiger partial charge is 0.315 e. The van der Waals surface area contributed by atoms with Crippen LogP contribution in [0.2, 0.25) is 0 Å². The maximum Gasteiger partial charge on any atom is 0.215 e. The fourth-order valence-electron chi connectivity index (χ4n) is 1.99. The molecule has 1 rings (SSSR count). The lowest BCUT2D eigenvalue weighted by Crippen LogP contribution is -2.48. The predicted octanol–water partition coefficient (Wildman–Crippen LogP) is 1.58. The molecule has 1 saturated carbocycles. The van der Waals surface area contributed by atoms with Gasteiger partial charge in [0.25, 0.3) is 0 Å². The Hall–Kier alpha value is 0.220. The smallest absolute Gasteiger partial charge is 0.215 e. The first-order valence-electron chi connectivity index (χ1n) is 6.70. The molecule has 18 heavy (non-hydrogen) atoms. The van der Waals surface area contributed by atoms with Crippen molar-refractivity contribution in [2.75, 3.05) is 25.9 Å². The molecule has 1 atom stereocenters. The van der Waals surface area contributed by atoms with E-state index in [1.165, 1.54) is 6.42 Å². The van der Waals surface area contributed by atoms with Crippen LogP contribution in [0.3, 0.4) is 0 Å². The van der Waals surface area contributed by atoms with Gasteiger partial charge in [0.05, 0.1) is 5.25 Å². The molecule has 0 aromatic heterocycles. The first kappa shape index (κ1) is 16.3. The van der Waals surface area contributed by atoms with E-state index in [0.717, 1.165) is 25.8 Å². The third-order valence-electron chi connectivity index (χ3n) is 3.68. The van der Waals surface area contributed by atoms with Gasteiger partial charge in [-0.3, -0.25) is 0 Å². The van der Waals surface area contributed by atoms with Crippen molar-refractivity contribution < 1.29 is 8.42 Å². The van der Waals surface area contributed by atoms with Crippen LogP contribution in [0.1, 0.15) is 39.5 Å². The fraction of sp³-hybridized carbons (Fsp3) is 1.00. The average Bonchev–Trinajstić information content (AvgIpc) is 2.28. The quantitative estimate of drug-likeness (QED) is 0.634. The Morgan fingerprint density at radius 1 is 1.39 bits per heavy atom. The van der Waals surface area contributed by atoms with E-state index in [2.05, 4.69) is 23.2 Å². The van der Waals surface area contributed by atoms with E-state index in [9.17, 15) is 8.42 Å². The molecule has 0 saturated heterocycles. The Bertz CT molecular complexity index is 334. The molecule has 0 aliphatic heterocycles. The van der Waals surface area contributed by atoms with Gasteiger partial charge in [-0.25, -0.2) is 13.1 Å². The van der Waals surface area contributed by atoms with Gasteiger partial charge in [-0.15, -0.1) is 0 Å². The lowest BCUT2D eigenvalue weighted by Gasteiger charge is -2.40. The summed E-state index contributed by atoms with van der Waals surface area (Å²) in [6.07, 6.45) is 6.56. The van der Waals surface area contributed by atoms with Crippen LogP contribution >= 0.6 is 11.8 Å². The highest BCUT2D eigenvalue weighted by molar-refractivity contribution is 8.00. The summed E-state index contributed by atoms with van der Waals surface area (Å²) >= 11 is 1.79. The number of nitrogens with one attached hydrogen (secondary N) is 2. The summed E-state index contributed by atoms with van der Waals surface area (Å²) in [6.45, 7) is 5.80. The second kappa shape index (κ2) is 7.12. The van der Waals surface area contributed by atoms with E-state index in [-0.39, 0.29) is 10.00 Å². The number of rotatable bonds is 9. The summed E-state index contributed by atoms with van der Waals surface area (Å²) in [5.41, 5.74) is 0. The van der Waals surface area contributed by atoms with Gasteiger partial charge in [0.2, 0.25) is 10.0 Å². The molecule has 0 heterocycles. The van der Waals surface area contributed by atoms with Crippen molar-refractivity contribution in [3.8, 4) is 0 Å². The standard InChI is InChI=1S/C12H26N2O2S2/c1-4-8-13-9-11(2)18(15,16)14-10-12(17-3)6-5-7-12/h11,13-14H,4-10H2,1-3H3. The lowest BCUT2D eigenvalue weighted by molar-refractivity contribution is 0.361. The number of sulfonamides is 1. The topological polar surface area (TPSA) is 58.2 Å². The van der Waals surface area contributed by atoms with Crippen molar-refractivity contribution in [2.24, 2.45) is 0 Å². The third kappa shape index (κ3) is 4.40. The van der Waals surface area contributed by atoms with Gasteiger partial charge >= 0.3 is 0 Å². The van der Waals surface area contributed by atoms with Crippen molar-refractivity contribution >= 4 is 21.8 Å². The Morgan fingerprint density at radius 3 is 2.50 bits per heavy atom. The summed E-state index contributed by atoms with van der Waals surface area (Å²) in [7, 11) is -3.19. The molecule has 6 heteroatoms. The van der Waals surface area contributed by atoms with Gasteiger partial charge < -0.3 is 5.32 Å². The van der Waals surface area contributed by atoms with Gasteiger partial charge in [-0.1, -0.05) is 13.3 Å². The van der Waals surface area contributed by atoms with Crippen LogP contribution < -0.4 is 10.0 Å². The summed E-state index contributed by atoms with van der Waals surface area (Å²) in [6, 6.07) is 0. The lowest BCUT2D eigenvalue weighted by atomic mass is 9.84. The van der Waals surface area contributed by atoms with E-state index in [1.54, 1.807) is 18.7 Å². The van der Waals surface area contributed by atoms with E-state index in [0.29, 0.717) is 13.1 Å². The first-order valence-corrected chi connectivity index (χ1v) is 9.47.